The van der Waals surface area contributed by atoms with E-state index in [4.69, 9.17) is 9.90 Å². The molecule has 15 heteroatoms. The van der Waals surface area contributed by atoms with E-state index < -0.39 is 12.1 Å². The molecule has 1 aromatic carbocycles. The number of benzene rings is 1. The zero-order chi connectivity index (χ0) is 36.2. The molecule has 2 atom stereocenters. The summed E-state index contributed by atoms with van der Waals surface area (Å²) >= 11 is 2.61. The minimum atomic E-state index is -0.525. The van der Waals surface area contributed by atoms with Gasteiger partial charge in [0, 0.05) is 35.2 Å². The Bertz CT molecular complexity index is 1770. The summed E-state index contributed by atoms with van der Waals surface area (Å²) in [5.74, 6) is -1.26. The zero-order valence-electron chi connectivity index (χ0n) is 28.3. The van der Waals surface area contributed by atoms with Crippen LogP contribution >= 0.6 is 22.7 Å². The van der Waals surface area contributed by atoms with E-state index in [9.17, 15) is 19.2 Å². The Kier molecular flexibility index (Phi) is 13.7. The first-order valence-corrected chi connectivity index (χ1v) is 17.9. The Morgan fingerprint density at radius 1 is 0.940 bits per heavy atom. The summed E-state index contributed by atoms with van der Waals surface area (Å²) in [5, 5.41) is 20.5. The molecular formula is C35H41N7O6S2. The van der Waals surface area contributed by atoms with Crippen LogP contribution in [0.4, 0.5) is 0 Å². The van der Waals surface area contributed by atoms with Gasteiger partial charge < -0.3 is 26.0 Å². The maximum absolute atomic E-state index is 13.6. The number of aryl methyl sites for hydroxylation is 2. The number of pyridine rings is 1. The third kappa shape index (κ3) is 10.7. The van der Waals surface area contributed by atoms with Gasteiger partial charge in [-0.25, -0.2) is 9.97 Å². The number of hydrogen-bond acceptors (Lipinski definition) is 10. The number of rotatable bonds is 5. The highest BCUT2D eigenvalue weighted by Crippen LogP contribution is 2.27. The third-order valence-electron chi connectivity index (χ3n) is 7.72. The lowest BCUT2D eigenvalue weighted by atomic mass is 10.0. The Morgan fingerprint density at radius 3 is 2.22 bits per heavy atom. The minimum Gasteiger partial charge on any atom is -0.483 e. The lowest BCUT2D eigenvalue weighted by Crippen LogP contribution is -2.44. The lowest BCUT2D eigenvalue weighted by Gasteiger charge is -2.24. The normalized spacial score (nSPS) is 17.2. The summed E-state index contributed by atoms with van der Waals surface area (Å²) in [7, 11) is 0. The van der Waals surface area contributed by atoms with Crippen LogP contribution in [0.3, 0.4) is 0 Å². The number of hydrogen-bond donors (Lipinski definition) is 4. The van der Waals surface area contributed by atoms with E-state index in [0.717, 1.165) is 22.5 Å². The minimum absolute atomic E-state index is 0.00171. The number of thiazole rings is 2. The number of carboxylic acid groups (broad SMARTS) is 1. The largest absolute Gasteiger partial charge is 0.483 e. The van der Waals surface area contributed by atoms with Crippen LogP contribution in [0.15, 0.2) is 53.2 Å². The van der Waals surface area contributed by atoms with Crippen LogP contribution in [-0.2, 0) is 27.2 Å². The highest BCUT2D eigenvalue weighted by molar-refractivity contribution is 7.10. The first-order valence-electron chi connectivity index (χ1n) is 16.1. The molecule has 0 fully saturated rings. The molecule has 0 saturated carbocycles. The molecule has 4 heterocycles. The molecule has 4 aromatic rings. The van der Waals surface area contributed by atoms with Crippen molar-refractivity contribution >= 4 is 52.8 Å². The van der Waals surface area contributed by atoms with Crippen LogP contribution in [0, 0.1) is 19.8 Å². The number of nitrogens with zero attached hydrogens (tertiary/aromatic N) is 4. The molecule has 4 bridgehead atoms. The molecule has 4 N–H and O–H groups in total. The average molecular weight is 720 g/mol. The smallest absolute Gasteiger partial charge is 0.290 e. The maximum atomic E-state index is 13.6. The number of amides is 4. The van der Waals surface area contributed by atoms with Gasteiger partial charge in [0.15, 0.2) is 0 Å². The molecule has 13 nitrogen and oxygen atoms in total. The van der Waals surface area contributed by atoms with E-state index in [1.54, 1.807) is 10.8 Å². The summed E-state index contributed by atoms with van der Waals surface area (Å²) in [6.07, 6.45) is 0.998. The second-order valence-electron chi connectivity index (χ2n) is 12.1. The van der Waals surface area contributed by atoms with E-state index in [-0.39, 0.29) is 73.5 Å². The second-order valence-corrected chi connectivity index (χ2v) is 13.9. The maximum Gasteiger partial charge on any atom is 0.290 e. The molecule has 264 valence electrons. The monoisotopic (exact) mass is 719 g/mol. The van der Waals surface area contributed by atoms with Gasteiger partial charge >= 0.3 is 0 Å². The van der Waals surface area contributed by atoms with Crippen molar-refractivity contribution in [1.29, 1.82) is 0 Å². The van der Waals surface area contributed by atoms with Crippen LogP contribution in [0.2, 0.25) is 0 Å². The SMILES string of the molecule is Cc1cc(CC(=O)N2CCCNC(=O)c3csc(n3)[C@H](C(C)C)NC(=O)c3csc(n3)[C@H](Cc3ccccc3)NC(=O)C2)cc(C)n1.O=CO. The van der Waals surface area contributed by atoms with Crippen molar-refractivity contribution in [2.75, 3.05) is 19.6 Å². The summed E-state index contributed by atoms with van der Waals surface area (Å²) < 4.78 is 0. The van der Waals surface area contributed by atoms with Crippen LogP contribution in [0.1, 0.15) is 85.9 Å². The van der Waals surface area contributed by atoms with Crippen LogP contribution in [0.25, 0.3) is 0 Å². The van der Waals surface area contributed by atoms with Gasteiger partial charge in [-0.05, 0) is 55.9 Å². The summed E-state index contributed by atoms with van der Waals surface area (Å²) in [6, 6.07) is 12.5. The molecule has 1 aliphatic heterocycles. The highest BCUT2D eigenvalue weighted by Gasteiger charge is 2.27. The molecule has 0 saturated heterocycles. The summed E-state index contributed by atoms with van der Waals surface area (Å²) in [6.45, 7) is 7.83. The topological polar surface area (TPSA) is 184 Å². The zero-order valence-corrected chi connectivity index (χ0v) is 30.0. The van der Waals surface area contributed by atoms with E-state index in [1.807, 2.05) is 70.2 Å². The van der Waals surface area contributed by atoms with Crippen molar-refractivity contribution in [3.63, 3.8) is 0 Å². The number of carbonyl (C=O) groups is 5. The van der Waals surface area contributed by atoms with Gasteiger partial charge in [-0.1, -0.05) is 44.2 Å². The van der Waals surface area contributed by atoms with Gasteiger partial charge in [0.25, 0.3) is 18.3 Å². The Hall–Kier alpha value is -5.02. The Balaban J connectivity index is 0.00000181. The Morgan fingerprint density at radius 2 is 1.56 bits per heavy atom. The summed E-state index contributed by atoms with van der Waals surface area (Å²) in [5.41, 5.74) is 3.93. The highest BCUT2D eigenvalue weighted by atomic mass is 32.1. The van der Waals surface area contributed by atoms with Crippen LogP contribution < -0.4 is 16.0 Å². The average Bonchev–Trinajstić information content (AvgIpc) is 3.76. The molecule has 4 amide bonds. The standard InChI is InChI=1S/C34H39N7O4S2.CH2O2/c1-20(2)30-34-39-26(18-47-34)31(44)35-11-8-12-41(29(43)16-24-13-21(3)36-22(4)14-24)17-28(42)37-25(15-23-9-6-5-7-10-23)33-38-27(19-46-33)32(45)40-30;2-1-3/h5-7,9-10,13-14,18-20,25,30H,8,11-12,15-17H2,1-4H3,(H,35,44)(H,37,42)(H,40,45);1H,(H,2,3)/t25-,30-;/m0./s1. The van der Waals surface area contributed by atoms with E-state index in [1.165, 1.54) is 27.6 Å². The number of nitrogens with one attached hydrogen (secondary N) is 3. The fraction of sp³-hybridized carbons (Fsp3) is 0.371. The van der Waals surface area contributed by atoms with Crippen molar-refractivity contribution < 1.29 is 29.1 Å². The van der Waals surface area contributed by atoms with Crippen LogP contribution in [-0.4, -0.2) is 74.7 Å². The predicted molar refractivity (Wildman–Crippen MR) is 190 cm³/mol. The van der Waals surface area contributed by atoms with Gasteiger partial charge in [-0.3, -0.25) is 29.0 Å². The fourth-order valence-electron chi connectivity index (χ4n) is 5.44. The van der Waals surface area contributed by atoms with Crippen molar-refractivity contribution in [3.05, 3.63) is 97.1 Å². The molecule has 0 spiro atoms. The van der Waals surface area contributed by atoms with Gasteiger partial charge in [0.1, 0.15) is 21.4 Å². The number of fused-ring (bicyclic) bond motifs is 4. The third-order valence-corrected chi connectivity index (χ3v) is 9.60. The first kappa shape index (κ1) is 37.8. The van der Waals surface area contributed by atoms with Gasteiger partial charge in [-0.15, -0.1) is 22.7 Å². The fourth-order valence-corrected chi connectivity index (χ4v) is 7.31. The second kappa shape index (κ2) is 18.1. The van der Waals surface area contributed by atoms with Crippen molar-refractivity contribution in [2.24, 2.45) is 5.92 Å². The van der Waals surface area contributed by atoms with Crippen LogP contribution in [0.5, 0.6) is 0 Å². The molecule has 3 aromatic heterocycles. The van der Waals surface area contributed by atoms with Crippen molar-refractivity contribution in [1.82, 2.24) is 35.8 Å². The molecule has 0 unspecified atom stereocenters. The number of aromatic nitrogens is 3. The Labute approximate surface area is 298 Å². The van der Waals surface area contributed by atoms with E-state index >= 15 is 0 Å². The quantitative estimate of drug-likeness (QED) is 0.221. The van der Waals surface area contributed by atoms with Crippen molar-refractivity contribution in [2.45, 2.75) is 59.0 Å². The van der Waals surface area contributed by atoms with Gasteiger partial charge in [0.2, 0.25) is 11.8 Å². The van der Waals surface area contributed by atoms with E-state index in [0.29, 0.717) is 22.9 Å². The van der Waals surface area contributed by atoms with E-state index in [2.05, 4.69) is 30.9 Å². The van der Waals surface area contributed by atoms with Crippen molar-refractivity contribution in [3.8, 4) is 0 Å². The predicted octanol–water partition coefficient (Wildman–Crippen LogP) is 4.04. The van der Waals surface area contributed by atoms with Gasteiger partial charge in [0.05, 0.1) is 25.0 Å². The molecule has 0 radical (unpaired) electrons. The summed E-state index contributed by atoms with van der Waals surface area (Å²) in [4.78, 5) is 77.1. The number of carbonyl (C=O) groups excluding carboxylic acids is 4. The lowest BCUT2D eigenvalue weighted by molar-refractivity contribution is -0.135. The van der Waals surface area contributed by atoms with Gasteiger partial charge in [-0.2, -0.15) is 0 Å². The molecule has 5 rings (SSSR count). The molecule has 0 aliphatic carbocycles. The molecule has 1 aliphatic rings. The molecule has 50 heavy (non-hydrogen) atoms. The molecular weight excluding hydrogens is 679 g/mol. The first-order chi connectivity index (χ1) is 24.0.